The summed E-state index contributed by atoms with van der Waals surface area (Å²) in [4.78, 5) is 13.8. The summed E-state index contributed by atoms with van der Waals surface area (Å²) in [6.07, 6.45) is 2.07. The van der Waals surface area contributed by atoms with Gasteiger partial charge in [0.1, 0.15) is 0 Å². The van der Waals surface area contributed by atoms with E-state index in [0.717, 1.165) is 22.3 Å². The van der Waals surface area contributed by atoms with Crippen LogP contribution in [0.15, 0.2) is 59.5 Å². The Labute approximate surface area is 130 Å². The highest BCUT2D eigenvalue weighted by Crippen LogP contribution is 2.52. The van der Waals surface area contributed by atoms with Crippen LogP contribution in [0.4, 0.5) is 0 Å². The minimum Gasteiger partial charge on any atom is -0.293 e. The second-order valence-corrected chi connectivity index (χ2v) is 6.68. The zero-order valence-electron chi connectivity index (χ0n) is 12.5. The second-order valence-electron chi connectivity index (χ2n) is 5.80. The van der Waals surface area contributed by atoms with Crippen LogP contribution >= 0.6 is 11.8 Å². The highest BCUT2D eigenvalue weighted by atomic mass is 32.2. The van der Waals surface area contributed by atoms with Crippen molar-refractivity contribution in [2.75, 3.05) is 6.26 Å². The highest BCUT2D eigenvalue weighted by molar-refractivity contribution is 7.98. The highest BCUT2D eigenvalue weighted by Gasteiger charge is 2.46. The standard InChI is InChI=1S/C19H18OS/c1-19(2)17(14-9-11-15(21-3)12-10-14)16(18(19)20)13-7-5-4-6-8-13/h4-12H,1-3H3. The lowest BCUT2D eigenvalue weighted by atomic mass is 9.61. The third-order valence-electron chi connectivity index (χ3n) is 4.11. The van der Waals surface area contributed by atoms with Crippen LogP contribution in [-0.2, 0) is 4.79 Å². The van der Waals surface area contributed by atoms with E-state index in [4.69, 9.17) is 0 Å². The van der Waals surface area contributed by atoms with Gasteiger partial charge in [0.15, 0.2) is 5.78 Å². The SMILES string of the molecule is CSc1ccc(C2=C(c3ccccc3)C(=O)C2(C)C)cc1. The summed E-state index contributed by atoms with van der Waals surface area (Å²) in [5.41, 5.74) is 3.80. The van der Waals surface area contributed by atoms with Gasteiger partial charge in [-0.05, 0) is 48.9 Å². The van der Waals surface area contributed by atoms with Gasteiger partial charge in [0, 0.05) is 10.5 Å². The third kappa shape index (κ3) is 2.24. The molecule has 2 heteroatoms. The van der Waals surface area contributed by atoms with Gasteiger partial charge in [0.25, 0.3) is 0 Å². The summed E-state index contributed by atoms with van der Waals surface area (Å²) >= 11 is 1.73. The molecule has 0 amide bonds. The van der Waals surface area contributed by atoms with Crippen molar-refractivity contribution in [3.05, 3.63) is 65.7 Å². The van der Waals surface area contributed by atoms with Crippen LogP contribution in [0.3, 0.4) is 0 Å². The van der Waals surface area contributed by atoms with Crippen LogP contribution in [-0.4, -0.2) is 12.0 Å². The Morgan fingerprint density at radius 3 is 2.05 bits per heavy atom. The van der Waals surface area contributed by atoms with Crippen molar-refractivity contribution in [2.45, 2.75) is 18.7 Å². The van der Waals surface area contributed by atoms with E-state index in [1.807, 2.05) is 44.2 Å². The molecule has 0 atom stereocenters. The molecule has 0 heterocycles. The van der Waals surface area contributed by atoms with E-state index in [0.29, 0.717) is 0 Å². The zero-order valence-corrected chi connectivity index (χ0v) is 13.3. The normalized spacial score (nSPS) is 16.8. The van der Waals surface area contributed by atoms with Crippen LogP contribution in [0.5, 0.6) is 0 Å². The predicted octanol–water partition coefficient (Wildman–Crippen LogP) is 4.93. The van der Waals surface area contributed by atoms with Crippen molar-refractivity contribution in [3.63, 3.8) is 0 Å². The minimum absolute atomic E-state index is 0.234. The van der Waals surface area contributed by atoms with E-state index in [1.165, 1.54) is 4.90 Å². The summed E-state index contributed by atoms with van der Waals surface area (Å²) in [6.45, 7) is 4.03. The molecule has 0 spiro atoms. The van der Waals surface area contributed by atoms with E-state index < -0.39 is 5.41 Å². The van der Waals surface area contributed by atoms with Gasteiger partial charge in [0.05, 0.1) is 5.41 Å². The maximum Gasteiger partial charge on any atom is 0.173 e. The van der Waals surface area contributed by atoms with Gasteiger partial charge < -0.3 is 0 Å². The molecule has 0 saturated carbocycles. The van der Waals surface area contributed by atoms with Crippen LogP contribution in [0.2, 0.25) is 0 Å². The molecule has 0 N–H and O–H groups in total. The maximum atomic E-state index is 12.5. The molecule has 0 aromatic heterocycles. The molecule has 106 valence electrons. The molecule has 1 nitrogen and oxygen atoms in total. The number of allylic oxidation sites excluding steroid dienone is 2. The Hall–Kier alpha value is -1.80. The van der Waals surface area contributed by atoms with E-state index in [-0.39, 0.29) is 5.78 Å². The average Bonchev–Trinajstić information content (AvgIpc) is 2.53. The number of Topliss-reactive ketones (excluding diaryl/α,β-unsaturated/α-hetero) is 1. The quantitative estimate of drug-likeness (QED) is 0.747. The van der Waals surface area contributed by atoms with Gasteiger partial charge >= 0.3 is 0 Å². The number of benzene rings is 2. The smallest absolute Gasteiger partial charge is 0.173 e. The van der Waals surface area contributed by atoms with Crippen LogP contribution in [0.25, 0.3) is 11.1 Å². The first kappa shape index (κ1) is 14.2. The number of thioether (sulfide) groups is 1. The molecule has 1 aliphatic carbocycles. The molecule has 3 rings (SSSR count). The van der Waals surface area contributed by atoms with Gasteiger partial charge in [-0.1, -0.05) is 42.5 Å². The number of hydrogen-bond acceptors (Lipinski definition) is 2. The molecule has 0 unspecified atom stereocenters. The van der Waals surface area contributed by atoms with E-state index in [2.05, 4.69) is 30.5 Å². The topological polar surface area (TPSA) is 17.1 Å². The summed E-state index contributed by atoms with van der Waals surface area (Å²) in [6, 6.07) is 18.5. The van der Waals surface area contributed by atoms with Crippen LogP contribution in [0, 0.1) is 5.41 Å². The van der Waals surface area contributed by atoms with Gasteiger partial charge in [-0.25, -0.2) is 0 Å². The predicted molar refractivity (Wildman–Crippen MR) is 90.3 cm³/mol. The van der Waals surface area contributed by atoms with Gasteiger partial charge in [-0.15, -0.1) is 11.8 Å². The van der Waals surface area contributed by atoms with Gasteiger partial charge in [-0.3, -0.25) is 4.79 Å². The molecule has 0 radical (unpaired) electrons. The molecule has 2 aromatic carbocycles. The van der Waals surface area contributed by atoms with E-state index >= 15 is 0 Å². The lowest BCUT2D eigenvalue weighted by molar-refractivity contribution is -0.120. The molecule has 1 aliphatic rings. The summed E-state index contributed by atoms with van der Waals surface area (Å²) in [5.74, 6) is 0.234. The summed E-state index contributed by atoms with van der Waals surface area (Å²) in [7, 11) is 0. The van der Waals surface area contributed by atoms with Crippen molar-refractivity contribution in [1.29, 1.82) is 0 Å². The Bertz CT molecular complexity index is 709. The monoisotopic (exact) mass is 294 g/mol. The second kappa shape index (κ2) is 5.19. The molecular formula is C19H18OS. The largest absolute Gasteiger partial charge is 0.293 e. The van der Waals surface area contributed by atoms with E-state index in [9.17, 15) is 4.79 Å². The van der Waals surface area contributed by atoms with Crippen molar-refractivity contribution < 1.29 is 4.79 Å². The number of hydrogen-bond donors (Lipinski definition) is 0. The fourth-order valence-corrected chi connectivity index (χ4v) is 3.34. The number of ketones is 1. The first-order chi connectivity index (χ1) is 10.1. The van der Waals surface area contributed by atoms with Crippen molar-refractivity contribution in [1.82, 2.24) is 0 Å². The Morgan fingerprint density at radius 1 is 0.857 bits per heavy atom. The van der Waals surface area contributed by atoms with Crippen molar-refractivity contribution >= 4 is 28.7 Å². The molecular weight excluding hydrogens is 276 g/mol. The van der Waals surface area contributed by atoms with Crippen LogP contribution < -0.4 is 0 Å². The third-order valence-corrected chi connectivity index (χ3v) is 4.85. The fraction of sp³-hybridized carbons (Fsp3) is 0.211. The molecule has 21 heavy (non-hydrogen) atoms. The molecule has 0 bridgehead atoms. The van der Waals surface area contributed by atoms with Crippen molar-refractivity contribution in [2.24, 2.45) is 5.41 Å². The average molecular weight is 294 g/mol. The summed E-state index contributed by atoms with van der Waals surface area (Å²) in [5, 5.41) is 0. The summed E-state index contributed by atoms with van der Waals surface area (Å²) < 4.78 is 0. The van der Waals surface area contributed by atoms with Gasteiger partial charge in [-0.2, -0.15) is 0 Å². The lowest BCUT2D eigenvalue weighted by Crippen LogP contribution is -2.37. The Kier molecular flexibility index (Phi) is 3.50. The number of carbonyl (C=O) groups excluding carboxylic acids is 1. The van der Waals surface area contributed by atoms with E-state index in [1.54, 1.807) is 11.8 Å². The Morgan fingerprint density at radius 2 is 1.48 bits per heavy atom. The minimum atomic E-state index is -0.397. The fourth-order valence-electron chi connectivity index (χ4n) is 2.93. The first-order valence-electron chi connectivity index (χ1n) is 7.05. The molecule has 2 aromatic rings. The van der Waals surface area contributed by atoms with Crippen molar-refractivity contribution in [3.8, 4) is 0 Å². The van der Waals surface area contributed by atoms with Crippen LogP contribution in [0.1, 0.15) is 25.0 Å². The zero-order chi connectivity index (χ0) is 15.0. The Balaban J connectivity index is 2.15. The number of rotatable bonds is 3. The number of carbonyl (C=O) groups is 1. The first-order valence-corrected chi connectivity index (χ1v) is 8.27. The maximum absolute atomic E-state index is 12.5. The molecule has 0 saturated heterocycles. The van der Waals surface area contributed by atoms with Gasteiger partial charge in [0.2, 0.25) is 0 Å². The molecule has 0 fully saturated rings. The molecule has 0 aliphatic heterocycles. The lowest BCUT2D eigenvalue weighted by Gasteiger charge is -2.39.